The topological polar surface area (TPSA) is 72.3 Å². The second kappa shape index (κ2) is 15.9. The van der Waals surface area contributed by atoms with Gasteiger partial charge in [0, 0.05) is 43.9 Å². The van der Waals surface area contributed by atoms with Gasteiger partial charge in [0.15, 0.2) is 17.5 Å². The largest absolute Gasteiger partial charge is 0.309 e. The molecule has 0 spiro atoms. The summed E-state index contributed by atoms with van der Waals surface area (Å²) < 4.78 is 4.65. The highest BCUT2D eigenvalue weighted by Crippen LogP contribution is 2.43. The summed E-state index contributed by atoms with van der Waals surface area (Å²) in [5.41, 5.74) is 13.3. The van der Waals surface area contributed by atoms with Gasteiger partial charge in [-0.15, -0.1) is 0 Å². The molecule has 0 saturated heterocycles. The minimum Gasteiger partial charge on any atom is -0.309 e. The molecule has 68 heavy (non-hydrogen) atoms. The summed E-state index contributed by atoms with van der Waals surface area (Å²) in [6.07, 6.45) is 0. The van der Waals surface area contributed by atoms with Gasteiger partial charge >= 0.3 is 0 Å². The van der Waals surface area contributed by atoms with Crippen LogP contribution in [0.25, 0.3) is 122 Å². The lowest BCUT2D eigenvalue weighted by molar-refractivity contribution is 1.07. The molecule has 0 aliphatic heterocycles. The van der Waals surface area contributed by atoms with E-state index >= 15 is 0 Å². The Morgan fingerprint density at radius 2 is 0.897 bits per heavy atom. The third kappa shape index (κ3) is 6.29. The van der Waals surface area contributed by atoms with Crippen molar-refractivity contribution in [2.75, 3.05) is 0 Å². The second-order valence-electron chi connectivity index (χ2n) is 17.1. The van der Waals surface area contributed by atoms with Crippen LogP contribution in [-0.2, 0) is 0 Å². The summed E-state index contributed by atoms with van der Waals surface area (Å²) in [5.74, 6) is 1.56. The molecular formula is C62H38N6. The molecule has 0 amide bonds. The summed E-state index contributed by atoms with van der Waals surface area (Å²) in [6.45, 7) is 0. The van der Waals surface area contributed by atoms with Crippen LogP contribution in [0.5, 0.6) is 0 Å². The Labute approximate surface area is 391 Å². The van der Waals surface area contributed by atoms with Gasteiger partial charge in [0.1, 0.15) is 6.07 Å². The fraction of sp³-hybridized carbons (Fsp3) is 0. The fourth-order valence-corrected chi connectivity index (χ4v) is 10.2. The first kappa shape index (κ1) is 39.0. The molecule has 0 atom stereocenters. The summed E-state index contributed by atoms with van der Waals surface area (Å²) in [6, 6.07) is 82.5. The third-order valence-corrected chi connectivity index (χ3v) is 13.2. The van der Waals surface area contributed by atoms with E-state index in [4.69, 9.17) is 15.0 Å². The van der Waals surface area contributed by atoms with Gasteiger partial charge in [-0.1, -0.05) is 182 Å². The summed E-state index contributed by atoms with van der Waals surface area (Å²) in [4.78, 5) is 15.7. The van der Waals surface area contributed by atoms with Gasteiger partial charge in [-0.05, 0) is 81.6 Å². The zero-order chi connectivity index (χ0) is 45.1. The Balaban J connectivity index is 1.04. The van der Waals surface area contributed by atoms with Gasteiger partial charge in [0.05, 0.1) is 33.3 Å². The number of hydrogen-bond acceptors (Lipinski definition) is 4. The van der Waals surface area contributed by atoms with E-state index in [9.17, 15) is 5.26 Å². The maximum absolute atomic E-state index is 11.2. The molecule has 3 heterocycles. The molecule has 0 aliphatic rings. The predicted molar refractivity (Wildman–Crippen MR) is 278 cm³/mol. The maximum Gasteiger partial charge on any atom is 0.164 e. The van der Waals surface area contributed by atoms with Crippen LogP contribution in [0.4, 0.5) is 0 Å². The summed E-state index contributed by atoms with van der Waals surface area (Å²) >= 11 is 0. The first-order chi connectivity index (χ1) is 33.7. The lowest BCUT2D eigenvalue weighted by Crippen LogP contribution is -2.03. The maximum atomic E-state index is 11.2. The number of fused-ring (bicyclic) bond motifs is 8. The van der Waals surface area contributed by atoms with Crippen molar-refractivity contribution in [3.63, 3.8) is 0 Å². The van der Waals surface area contributed by atoms with E-state index in [1.54, 1.807) is 0 Å². The van der Waals surface area contributed by atoms with Gasteiger partial charge in [-0.25, -0.2) is 15.0 Å². The smallest absolute Gasteiger partial charge is 0.164 e. The van der Waals surface area contributed by atoms with Crippen molar-refractivity contribution in [3.05, 3.63) is 236 Å². The van der Waals surface area contributed by atoms with Crippen LogP contribution >= 0.6 is 0 Å². The molecule has 6 heteroatoms. The minimum atomic E-state index is 0.474. The van der Waals surface area contributed by atoms with Crippen molar-refractivity contribution in [2.24, 2.45) is 0 Å². The standard InChI is InChI=1S/C62H38N6/c63-39-45-37-44(60-64-61(51-26-11-9-23-47(51)41-18-3-1-4-19-41)66-62(65-60)52-27-12-10-24-48(52)42-20-5-2-6-21-42)32-35-54(45)68-55-29-15-13-25-49(55)50-34-36-57-58(59(50)68)53-28-14-16-30-56(53)67(57)46-33-31-40-17-7-8-22-43(40)38-46/h1-38H. The van der Waals surface area contributed by atoms with E-state index in [0.717, 1.165) is 88.4 Å². The Morgan fingerprint density at radius 1 is 0.353 bits per heavy atom. The number of hydrogen-bond donors (Lipinski definition) is 0. The average Bonchev–Trinajstić information content (AvgIpc) is 3.94. The molecule has 0 saturated carbocycles. The molecule has 0 unspecified atom stereocenters. The second-order valence-corrected chi connectivity index (χ2v) is 17.1. The molecule has 13 aromatic rings. The molecule has 6 nitrogen and oxygen atoms in total. The first-order valence-corrected chi connectivity index (χ1v) is 22.8. The van der Waals surface area contributed by atoms with Crippen LogP contribution in [0.2, 0.25) is 0 Å². The summed E-state index contributed by atoms with van der Waals surface area (Å²) in [5, 5.41) is 18.1. The van der Waals surface area contributed by atoms with Crippen molar-refractivity contribution in [2.45, 2.75) is 0 Å². The van der Waals surface area contributed by atoms with Gasteiger partial charge in [-0.3, -0.25) is 0 Å². The van der Waals surface area contributed by atoms with Crippen molar-refractivity contribution in [1.29, 1.82) is 5.26 Å². The van der Waals surface area contributed by atoms with Crippen molar-refractivity contribution < 1.29 is 0 Å². The van der Waals surface area contributed by atoms with Gasteiger partial charge < -0.3 is 9.13 Å². The van der Waals surface area contributed by atoms with Crippen LogP contribution in [0, 0.1) is 11.3 Å². The lowest BCUT2D eigenvalue weighted by atomic mass is 9.98. The minimum absolute atomic E-state index is 0.474. The van der Waals surface area contributed by atoms with Crippen LogP contribution < -0.4 is 0 Å². The van der Waals surface area contributed by atoms with Crippen molar-refractivity contribution in [3.8, 4) is 73.9 Å². The molecule has 0 bridgehead atoms. The van der Waals surface area contributed by atoms with Crippen LogP contribution in [0.3, 0.4) is 0 Å². The Morgan fingerprint density at radius 3 is 1.56 bits per heavy atom. The van der Waals surface area contributed by atoms with E-state index in [1.165, 1.54) is 10.8 Å². The van der Waals surface area contributed by atoms with E-state index in [2.05, 4.69) is 173 Å². The quantitative estimate of drug-likeness (QED) is 0.160. The Hall–Kier alpha value is -9.44. The molecule has 13 rings (SSSR count). The number of rotatable bonds is 7. The zero-order valence-electron chi connectivity index (χ0n) is 36.6. The average molecular weight is 867 g/mol. The van der Waals surface area contributed by atoms with E-state index in [1.807, 2.05) is 72.8 Å². The van der Waals surface area contributed by atoms with Crippen molar-refractivity contribution in [1.82, 2.24) is 24.1 Å². The molecular weight excluding hydrogens is 829 g/mol. The van der Waals surface area contributed by atoms with Crippen molar-refractivity contribution >= 4 is 54.4 Å². The number of benzene rings is 10. The van der Waals surface area contributed by atoms with Crippen LogP contribution in [0.1, 0.15) is 5.56 Å². The number of nitrogens with zero attached hydrogens (tertiary/aromatic N) is 6. The molecule has 10 aromatic carbocycles. The van der Waals surface area contributed by atoms with E-state index < -0.39 is 0 Å². The van der Waals surface area contributed by atoms with Crippen LogP contribution in [0.15, 0.2) is 231 Å². The summed E-state index contributed by atoms with van der Waals surface area (Å²) in [7, 11) is 0. The van der Waals surface area contributed by atoms with Crippen LogP contribution in [-0.4, -0.2) is 24.1 Å². The molecule has 316 valence electrons. The highest BCUT2D eigenvalue weighted by molar-refractivity contribution is 6.26. The number of nitriles is 1. The predicted octanol–water partition coefficient (Wildman–Crippen LogP) is 15.4. The molecule has 0 N–H and O–H groups in total. The number of para-hydroxylation sites is 2. The molecule has 0 radical (unpaired) electrons. The molecule has 3 aromatic heterocycles. The molecule has 0 aliphatic carbocycles. The van der Waals surface area contributed by atoms with Gasteiger partial charge in [0.25, 0.3) is 0 Å². The van der Waals surface area contributed by atoms with Gasteiger partial charge in [-0.2, -0.15) is 5.26 Å². The SMILES string of the molecule is N#Cc1cc(-c2nc(-c3ccccc3-c3ccccc3)nc(-c3ccccc3-c3ccccc3)n2)ccc1-n1c2ccccc2c2ccc3c(c4ccccc4n3-c3ccc4ccccc4c3)c21. The zero-order valence-corrected chi connectivity index (χ0v) is 36.6. The Bertz CT molecular complexity index is 4060. The molecule has 0 fully saturated rings. The normalized spacial score (nSPS) is 11.5. The highest BCUT2D eigenvalue weighted by Gasteiger charge is 2.24. The highest BCUT2D eigenvalue weighted by atomic mass is 15.0. The van der Waals surface area contributed by atoms with Gasteiger partial charge in [0.2, 0.25) is 0 Å². The monoisotopic (exact) mass is 866 g/mol. The first-order valence-electron chi connectivity index (χ1n) is 22.8. The Kier molecular flexibility index (Phi) is 9.12. The lowest BCUT2D eigenvalue weighted by Gasteiger charge is -2.15. The fourth-order valence-electron chi connectivity index (χ4n) is 10.2. The van der Waals surface area contributed by atoms with E-state index in [-0.39, 0.29) is 0 Å². The number of aromatic nitrogens is 5. The van der Waals surface area contributed by atoms with E-state index in [0.29, 0.717) is 28.6 Å². The third-order valence-electron chi connectivity index (χ3n) is 13.2.